The van der Waals surface area contributed by atoms with Crippen molar-refractivity contribution in [3.63, 3.8) is 0 Å². The Hall–Kier alpha value is -0.380. The van der Waals surface area contributed by atoms with Crippen LogP contribution in [0.15, 0.2) is 0 Å². The molecule has 0 N–H and O–H groups in total. The first-order valence-corrected chi connectivity index (χ1v) is 6.06. The molecule has 1 saturated heterocycles. The molecule has 0 aromatic carbocycles. The lowest BCUT2D eigenvalue weighted by molar-refractivity contribution is -0.109. The Morgan fingerprint density at radius 2 is 2.17 bits per heavy atom. The van der Waals surface area contributed by atoms with Crippen LogP contribution in [0.1, 0.15) is 19.3 Å². The molecule has 2 atom stereocenters. The molecule has 0 amide bonds. The van der Waals surface area contributed by atoms with Crippen LogP contribution in [-0.2, 0) is 14.6 Å². The van der Waals surface area contributed by atoms with Crippen LogP contribution in [0.2, 0.25) is 0 Å². The zero-order chi connectivity index (χ0) is 8.82. The summed E-state index contributed by atoms with van der Waals surface area (Å²) in [6, 6.07) is 0. The van der Waals surface area contributed by atoms with Crippen LogP contribution >= 0.6 is 0 Å². The molecule has 1 aliphatic carbocycles. The van der Waals surface area contributed by atoms with E-state index in [4.69, 9.17) is 0 Å². The van der Waals surface area contributed by atoms with Crippen molar-refractivity contribution >= 4 is 16.1 Å². The van der Waals surface area contributed by atoms with Gasteiger partial charge >= 0.3 is 0 Å². The number of rotatable bonds is 1. The van der Waals surface area contributed by atoms with Crippen LogP contribution in [0.3, 0.4) is 0 Å². The highest BCUT2D eigenvalue weighted by molar-refractivity contribution is 7.91. The first-order valence-electron chi connectivity index (χ1n) is 4.24. The maximum atomic E-state index is 11.3. The van der Waals surface area contributed by atoms with Crippen molar-refractivity contribution in [2.75, 3.05) is 11.5 Å². The number of hydrogen-bond donors (Lipinski definition) is 0. The van der Waals surface area contributed by atoms with Gasteiger partial charge in [-0.3, -0.25) is 0 Å². The van der Waals surface area contributed by atoms with E-state index in [2.05, 4.69) is 0 Å². The van der Waals surface area contributed by atoms with E-state index in [9.17, 15) is 13.2 Å². The molecule has 1 heterocycles. The minimum absolute atomic E-state index is 0.0348. The number of carbonyl (C=O) groups is 1. The Morgan fingerprint density at radius 3 is 2.67 bits per heavy atom. The molecule has 68 valence electrons. The summed E-state index contributed by atoms with van der Waals surface area (Å²) in [5.41, 5.74) is -0.126. The second-order valence-corrected chi connectivity index (χ2v) is 6.19. The lowest BCUT2D eigenvalue weighted by Crippen LogP contribution is -2.27. The number of hydrogen-bond acceptors (Lipinski definition) is 3. The Labute approximate surface area is 72.1 Å². The molecule has 1 spiro atoms. The van der Waals surface area contributed by atoms with Gasteiger partial charge in [0.25, 0.3) is 0 Å². The van der Waals surface area contributed by atoms with E-state index in [0.29, 0.717) is 5.75 Å². The summed E-state index contributed by atoms with van der Waals surface area (Å²) < 4.78 is 22.5. The van der Waals surface area contributed by atoms with E-state index in [0.717, 1.165) is 25.5 Å². The molecular formula is C8H12O3S. The fraction of sp³-hybridized carbons (Fsp3) is 0.875. The third kappa shape index (κ3) is 1.18. The van der Waals surface area contributed by atoms with Crippen LogP contribution in [-0.4, -0.2) is 26.2 Å². The lowest BCUT2D eigenvalue weighted by atomic mass is 10.00. The van der Waals surface area contributed by atoms with E-state index in [-0.39, 0.29) is 17.1 Å². The zero-order valence-electron chi connectivity index (χ0n) is 6.82. The van der Waals surface area contributed by atoms with Gasteiger partial charge < -0.3 is 4.79 Å². The highest BCUT2D eigenvalue weighted by atomic mass is 32.2. The van der Waals surface area contributed by atoms with Crippen LogP contribution in [0.25, 0.3) is 0 Å². The average molecular weight is 188 g/mol. The molecule has 0 aromatic heterocycles. The standard InChI is InChI=1S/C8H12O3S/c9-5-7-4-8(7)2-1-3-12(10,11)6-8/h5,7H,1-4,6H2. The molecule has 2 fully saturated rings. The van der Waals surface area contributed by atoms with Crippen LogP contribution < -0.4 is 0 Å². The van der Waals surface area contributed by atoms with Crippen LogP contribution in [0, 0.1) is 11.3 Å². The van der Waals surface area contributed by atoms with Crippen molar-refractivity contribution in [3.8, 4) is 0 Å². The molecule has 2 unspecified atom stereocenters. The van der Waals surface area contributed by atoms with Gasteiger partial charge in [-0.15, -0.1) is 0 Å². The predicted octanol–water partition coefficient (Wildman–Crippen LogP) is 0.400. The predicted molar refractivity (Wildman–Crippen MR) is 44.5 cm³/mol. The van der Waals surface area contributed by atoms with Gasteiger partial charge in [-0.2, -0.15) is 0 Å². The van der Waals surface area contributed by atoms with E-state index in [1.165, 1.54) is 0 Å². The summed E-state index contributed by atoms with van der Waals surface area (Å²) in [4.78, 5) is 10.5. The number of aldehydes is 1. The Kier molecular flexibility index (Phi) is 1.59. The van der Waals surface area contributed by atoms with Crippen LogP contribution in [0.5, 0.6) is 0 Å². The van der Waals surface area contributed by atoms with Crippen molar-refractivity contribution in [3.05, 3.63) is 0 Å². The van der Waals surface area contributed by atoms with Gasteiger partial charge in [0.05, 0.1) is 11.5 Å². The third-order valence-corrected chi connectivity index (χ3v) is 4.98. The normalized spacial score (nSPS) is 44.2. The van der Waals surface area contributed by atoms with Crippen LogP contribution in [0.4, 0.5) is 0 Å². The summed E-state index contributed by atoms with van der Waals surface area (Å²) in [6.07, 6.45) is 3.39. The molecule has 1 aliphatic heterocycles. The summed E-state index contributed by atoms with van der Waals surface area (Å²) in [5, 5.41) is 0. The monoisotopic (exact) mass is 188 g/mol. The Balaban J connectivity index is 2.16. The van der Waals surface area contributed by atoms with Gasteiger partial charge in [0, 0.05) is 5.92 Å². The Morgan fingerprint density at radius 1 is 1.42 bits per heavy atom. The summed E-state index contributed by atoms with van der Waals surface area (Å²) in [7, 11) is -2.83. The quantitative estimate of drug-likeness (QED) is 0.560. The Bertz CT molecular complexity index is 306. The largest absolute Gasteiger partial charge is 0.303 e. The molecule has 0 radical (unpaired) electrons. The smallest absolute Gasteiger partial charge is 0.150 e. The molecule has 0 aromatic rings. The van der Waals surface area contributed by atoms with Crippen molar-refractivity contribution in [1.82, 2.24) is 0 Å². The van der Waals surface area contributed by atoms with E-state index >= 15 is 0 Å². The van der Waals surface area contributed by atoms with Crippen molar-refractivity contribution < 1.29 is 13.2 Å². The molecule has 12 heavy (non-hydrogen) atoms. The first-order chi connectivity index (χ1) is 5.58. The SMILES string of the molecule is O=CC1CC12CCCS(=O)(=O)C2. The molecule has 2 rings (SSSR count). The zero-order valence-corrected chi connectivity index (χ0v) is 7.64. The highest BCUT2D eigenvalue weighted by Crippen LogP contribution is 2.57. The van der Waals surface area contributed by atoms with Crippen molar-refractivity contribution in [2.24, 2.45) is 11.3 Å². The van der Waals surface area contributed by atoms with Crippen molar-refractivity contribution in [1.29, 1.82) is 0 Å². The third-order valence-electron chi connectivity index (χ3n) is 3.05. The molecule has 4 heteroatoms. The van der Waals surface area contributed by atoms with E-state index in [1.54, 1.807) is 0 Å². The van der Waals surface area contributed by atoms with Gasteiger partial charge in [-0.05, 0) is 24.7 Å². The highest BCUT2D eigenvalue weighted by Gasteiger charge is 2.57. The summed E-state index contributed by atoms with van der Waals surface area (Å²) >= 11 is 0. The maximum Gasteiger partial charge on any atom is 0.150 e. The molecular weight excluding hydrogens is 176 g/mol. The van der Waals surface area contributed by atoms with E-state index < -0.39 is 9.84 Å². The first kappa shape index (κ1) is 8.23. The maximum absolute atomic E-state index is 11.3. The lowest BCUT2D eigenvalue weighted by Gasteiger charge is -2.21. The molecule has 2 aliphatic rings. The average Bonchev–Trinajstić information content (AvgIpc) is 2.60. The van der Waals surface area contributed by atoms with Crippen molar-refractivity contribution in [2.45, 2.75) is 19.3 Å². The second kappa shape index (κ2) is 2.31. The van der Waals surface area contributed by atoms with Gasteiger partial charge in [0.1, 0.15) is 6.29 Å². The molecule has 0 bridgehead atoms. The fourth-order valence-electron chi connectivity index (χ4n) is 2.25. The summed E-state index contributed by atoms with van der Waals surface area (Å²) in [6.45, 7) is 0. The van der Waals surface area contributed by atoms with Gasteiger partial charge in [0.15, 0.2) is 9.84 Å². The van der Waals surface area contributed by atoms with E-state index in [1.807, 2.05) is 0 Å². The number of carbonyl (C=O) groups excluding carboxylic acids is 1. The fourth-order valence-corrected chi connectivity index (χ4v) is 4.33. The topological polar surface area (TPSA) is 51.2 Å². The number of sulfone groups is 1. The second-order valence-electron chi connectivity index (χ2n) is 4.00. The summed E-state index contributed by atoms with van der Waals surface area (Å²) in [5.74, 6) is 0.608. The van der Waals surface area contributed by atoms with Gasteiger partial charge in [-0.25, -0.2) is 8.42 Å². The molecule has 1 saturated carbocycles. The van der Waals surface area contributed by atoms with Gasteiger partial charge in [-0.1, -0.05) is 0 Å². The minimum atomic E-state index is -2.83. The van der Waals surface area contributed by atoms with Gasteiger partial charge in [0.2, 0.25) is 0 Å². The molecule has 3 nitrogen and oxygen atoms in total. The minimum Gasteiger partial charge on any atom is -0.303 e.